The molecule has 1 rings (SSSR count). The molecule has 0 aromatic carbocycles. The highest BCUT2D eigenvalue weighted by Gasteiger charge is 2.26. The molecule has 0 radical (unpaired) electrons. The van der Waals surface area contributed by atoms with Crippen molar-refractivity contribution in [2.75, 3.05) is 33.0 Å². The fourth-order valence-corrected chi connectivity index (χ4v) is 1.80. The van der Waals surface area contributed by atoms with Crippen LogP contribution in [0.4, 0.5) is 0 Å². The highest BCUT2D eigenvalue weighted by atomic mass is 35.5. The standard InChI is InChI=1S/C11H22N2O3.ClH/c1-2-15-8-5-13-11(14)10(12)9-3-6-16-7-4-9;/h9-10H,2-8,12H2,1H3,(H,13,14);1H. The van der Waals surface area contributed by atoms with Crippen molar-refractivity contribution in [2.45, 2.75) is 25.8 Å². The van der Waals surface area contributed by atoms with Gasteiger partial charge < -0.3 is 20.5 Å². The summed E-state index contributed by atoms with van der Waals surface area (Å²) in [5.74, 6) is 0.174. The second kappa shape index (κ2) is 9.65. The number of rotatable bonds is 6. The summed E-state index contributed by atoms with van der Waals surface area (Å²) in [6, 6.07) is -0.412. The van der Waals surface area contributed by atoms with E-state index in [1.165, 1.54) is 0 Å². The number of ether oxygens (including phenoxy) is 2. The summed E-state index contributed by atoms with van der Waals surface area (Å²) in [4.78, 5) is 11.7. The number of carbonyl (C=O) groups excluding carboxylic acids is 1. The fourth-order valence-electron chi connectivity index (χ4n) is 1.80. The van der Waals surface area contributed by atoms with Crippen molar-refractivity contribution in [3.63, 3.8) is 0 Å². The maximum Gasteiger partial charge on any atom is 0.237 e. The maximum atomic E-state index is 11.7. The van der Waals surface area contributed by atoms with Crippen LogP contribution >= 0.6 is 12.4 Å². The predicted octanol–water partition coefficient (Wildman–Crippen LogP) is 0.315. The van der Waals surface area contributed by atoms with E-state index in [2.05, 4.69) is 5.32 Å². The van der Waals surface area contributed by atoms with Gasteiger partial charge in [0.15, 0.2) is 0 Å². The minimum absolute atomic E-state index is 0. The van der Waals surface area contributed by atoms with E-state index in [1.54, 1.807) is 0 Å². The zero-order valence-electron chi connectivity index (χ0n) is 10.3. The summed E-state index contributed by atoms with van der Waals surface area (Å²) in [5.41, 5.74) is 5.90. The lowest BCUT2D eigenvalue weighted by molar-refractivity contribution is -0.124. The molecule has 1 aliphatic rings. The first kappa shape index (κ1) is 16.6. The molecule has 0 saturated carbocycles. The second-order valence-corrected chi connectivity index (χ2v) is 3.96. The number of nitrogens with one attached hydrogen (secondary N) is 1. The summed E-state index contributed by atoms with van der Waals surface area (Å²) >= 11 is 0. The Labute approximate surface area is 109 Å². The minimum atomic E-state index is -0.412. The molecule has 6 heteroatoms. The summed E-state index contributed by atoms with van der Waals surface area (Å²) in [7, 11) is 0. The van der Waals surface area contributed by atoms with Crippen LogP contribution in [0.25, 0.3) is 0 Å². The fraction of sp³-hybridized carbons (Fsp3) is 0.909. The number of nitrogens with two attached hydrogens (primary N) is 1. The van der Waals surface area contributed by atoms with Crippen LogP contribution in [0.5, 0.6) is 0 Å². The van der Waals surface area contributed by atoms with Crippen molar-refractivity contribution in [3.8, 4) is 0 Å². The molecule has 102 valence electrons. The van der Waals surface area contributed by atoms with Gasteiger partial charge in [-0.2, -0.15) is 0 Å². The van der Waals surface area contributed by atoms with Gasteiger partial charge in [0.2, 0.25) is 5.91 Å². The van der Waals surface area contributed by atoms with Crippen LogP contribution in [0.3, 0.4) is 0 Å². The quantitative estimate of drug-likeness (QED) is 0.679. The second-order valence-electron chi connectivity index (χ2n) is 3.96. The first-order valence-electron chi connectivity index (χ1n) is 5.94. The van der Waals surface area contributed by atoms with Crippen molar-refractivity contribution in [1.29, 1.82) is 0 Å². The highest BCUT2D eigenvalue weighted by Crippen LogP contribution is 2.17. The Kier molecular flexibility index (Phi) is 9.44. The largest absolute Gasteiger partial charge is 0.381 e. The van der Waals surface area contributed by atoms with Gasteiger partial charge in [0.05, 0.1) is 12.6 Å². The summed E-state index contributed by atoms with van der Waals surface area (Å²) in [6.45, 7) is 5.10. The topological polar surface area (TPSA) is 73.6 Å². The summed E-state index contributed by atoms with van der Waals surface area (Å²) in [5, 5.41) is 2.78. The van der Waals surface area contributed by atoms with Gasteiger partial charge >= 0.3 is 0 Å². The SMILES string of the molecule is CCOCCNC(=O)C(N)C1CCOCC1.Cl. The van der Waals surface area contributed by atoms with E-state index in [4.69, 9.17) is 15.2 Å². The zero-order chi connectivity index (χ0) is 11.8. The Balaban J connectivity index is 0.00000256. The molecule has 5 nitrogen and oxygen atoms in total. The summed E-state index contributed by atoms with van der Waals surface area (Å²) in [6.07, 6.45) is 1.75. The number of amides is 1. The van der Waals surface area contributed by atoms with Crippen LogP contribution in [-0.2, 0) is 14.3 Å². The third kappa shape index (κ3) is 6.21. The highest BCUT2D eigenvalue weighted by molar-refractivity contribution is 5.85. The molecule has 1 aliphatic heterocycles. The molecule has 1 saturated heterocycles. The average Bonchev–Trinajstić information content (AvgIpc) is 2.34. The van der Waals surface area contributed by atoms with Gasteiger partial charge in [0.1, 0.15) is 0 Å². The van der Waals surface area contributed by atoms with Crippen LogP contribution in [0.1, 0.15) is 19.8 Å². The van der Waals surface area contributed by atoms with E-state index in [0.717, 1.165) is 12.8 Å². The van der Waals surface area contributed by atoms with Crippen molar-refractivity contribution in [3.05, 3.63) is 0 Å². The molecular formula is C11H23ClN2O3. The van der Waals surface area contributed by atoms with Gasteiger partial charge in [-0.15, -0.1) is 12.4 Å². The molecule has 1 amide bonds. The lowest BCUT2D eigenvalue weighted by Gasteiger charge is -2.26. The molecule has 17 heavy (non-hydrogen) atoms. The molecule has 0 aromatic rings. The minimum Gasteiger partial charge on any atom is -0.381 e. The normalized spacial score (nSPS) is 18.2. The maximum absolute atomic E-state index is 11.7. The van der Waals surface area contributed by atoms with E-state index >= 15 is 0 Å². The van der Waals surface area contributed by atoms with Gasteiger partial charge in [0, 0.05) is 26.4 Å². The monoisotopic (exact) mass is 266 g/mol. The van der Waals surface area contributed by atoms with Gasteiger partial charge in [0.25, 0.3) is 0 Å². The number of hydrogen-bond acceptors (Lipinski definition) is 4. The average molecular weight is 267 g/mol. The smallest absolute Gasteiger partial charge is 0.237 e. The van der Waals surface area contributed by atoms with E-state index in [0.29, 0.717) is 33.0 Å². The van der Waals surface area contributed by atoms with Crippen molar-refractivity contribution in [2.24, 2.45) is 11.7 Å². The molecule has 1 atom stereocenters. The van der Waals surface area contributed by atoms with E-state index < -0.39 is 6.04 Å². The molecule has 3 N–H and O–H groups in total. The van der Waals surface area contributed by atoms with Gasteiger partial charge in [-0.3, -0.25) is 4.79 Å². The van der Waals surface area contributed by atoms with E-state index in [9.17, 15) is 4.79 Å². The van der Waals surface area contributed by atoms with Crippen molar-refractivity contribution < 1.29 is 14.3 Å². The third-order valence-electron chi connectivity index (χ3n) is 2.83. The first-order valence-corrected chi connectivity index (χ1v) is 5.94. The Morgan fingerprint density at radius 2 is 2.18 bits per heavy atom. The van der Waals surface area contributed by atoms with Crippen molar-refractivity contribution in [1.82, 2.24) is 5.32 Å². The van der Waals surface area contributed by atoms with Crippen LogP contribution in [0, 0.1) is 5.92 Å². The first-order chi connectivity index (χ1) is 7.75. The molecule has 0 spiro atoms. The molecule has 0 bridgehead atoms. The molecule has 0 aromatic heterocycles. The number of halogens is 1. The van der Waals surface area contributed by atoms with Gasteiger partial charge in [-0.1, -0.05) is 0 Å². The lowest BCUT2D eigenvalue weighted by atomic mass is 9.92. The molecule has 1 unspecified atom stereocenters. The van der Waals surface area contributed by atoms with Crippen LogP contribution < -0.4 is 11.1 Å². The third-order valence-corrected chi connectivity index (χ3v) is 2.83. The number of carbonyl (C=O) groups is 1. The molecule has 1 heterocycles. The summed E-state index contributed by atoms with van der Waals surface area (Å²) < 4.78 is 10.4. The Bertz CT molecular complexity index is 211. The predicted molar refractivity (Wildman–Crippen MR) is 68.3 cm³/mol. The molecular weight excluding hydrogens is 244 g/mol. The van der Waals surface area contributed by atoms with Gasteiger partial charge in [-0.25, -0.2) is 0 Å². The van der Waals surface area contributed by atoms with E-state index in [1.807, 2.05) is 6.92 Å². The Morgan fingerprint density at radius 3 is 2.76 bits per heavy atom. The van der Waals surface area contributed by atoms with Crippen LogP contribution in [0.15, 0.2) is 0 Å². The van der Waals surface area contributed by atoms with Crippen molar-refractivity contribution >= 4 is 18.3 Å². The Hall–Kier alpha value is -0.360. The Morgan fingerprint density at radius 1 is 1.53 bits per heavy atom. The molecule has 0 aliphatic carbocycles. The lowest BCUT2D eigenvalue weighted by Crippen LogP contribution is -2.47. The molecule has 1 fully saturated rings. The number of hydrogen-bond donors (Lipinski definition) is 2. The van der Waals surface area contributed by atoms with E-state index in [-0.39, 0.29) is 24.2 Å². The van der Waals surface area contributed by atoms with Crippen LogP contribution in [0.2, 0.25) is 0 Å². The zero-order valence-corrected chi connectivity index (χ0v) is 11.1. The van der Waals surface area contributed by atoms with Crippen LogP contribution in [-0.4, -0.2) is 44.9 Å². The van der Waals surface area contributed by atoms with Gasteiger partial charge in [-0.05, 0) is 25.7 Å².